The molecule has 0 radical (unpaired) electrons. The lowest BCUT2D eigenvalue weighted by Crippen LogP contribution is -2.39. The van der Waals surface area contributed by atoms with E-state index in [1.165, 1.54) is 12.1 Å². The van der Waals surface area contributed by atoms with Crippen molar-refractivity contribution in [2.45, 2.75) is 25.2 Å². The summed E-state index contributed by atoms with van der Waals surface area (Å²) < 4.78 is 23.5. The number of nitrogens with zero attached hydrogens (tertiary/aromatic N) is 2. The number of hydrogen-bond donors (Lipinski definition) is 1. The lowest BCUT2D eigenvalue weighted by Gasteiger charge is -2.37. The van der Waals surface area contributed by atoms with E-state index in [0.717, 1.165) is 12.5 Å². The number of benzene rings is 1. The monoisotopic (exact) mass is 313 g/mol. The number of nitro groups is 1. The molecule has 1 aromatic rings. The molecular formula is C13H19N3O4S. The molecular weight excluding hydrogens is 294 g/mol. The van der Waals surface area contributed by atoms with Gasteiger partial charge in [-0.1, -0.05) is 13.8 Å². The van der Waals surface area contributed by atoms with E-state index in [1.807, 2.05) is 4.90 Å². The van der Waals surface area contributed by atoms with E-state index in [4.69, 9.17) is 5.14 Å². The van der Waals surface area contributed by atoms with Gasteiger partial charge in [0.25, 0.3) is 5.69 Å². The van der Waals surface area contributed by atoms with Crippen LogP contribution in [0.25, 0.3) is 0 Å². The first-order chi connectivity index (χ1) is 9.68. The quantitative estimate of drug-likeness (QED) is 0.675. The Bertz CT molecular complexity index is 649. The number of nitrogens with two attached hydrogens (primary N) is 1. The summed E-state index contributed by atoms with van der Waals surface area (Å²) in [5.41, 5.74) is 0.169. The fourth-order valence-corrected chi connectivity index (χ4v) is 3.74. The van der Waals surface area contributed by atoms with Crippen molar-refractivity contribution in [3.8, 4) is 0 Å². The molecule has 1 aromatic carbocycles. The van der Waals surface area contributed by atoms with E-state index >= 15 is 0 Å². The zero-order valence-corrected chi connectivity index (χ0v) is 12.8. The molecule has 0 bridgehead atoms. The molecule has 8 heteroatoms. The number of nitro benzene ring substituents is 1. The van der Waals surface area contributed by atoms with Crippen LogP contribution in [0.15, 0.2) is 23.1 Å². The van der Waals surface area contributed by atoms with Gasteiger partial charge in [0.15, 0.2) is 0 Å². The minimum Gasteiger partial charge on any atom is -0.370 e. The van der Waals surface area contributed by atoms with Gasteiger partial charge in [-0.3, -0.25) is 10.1 Å². The molecule has 2 rings (SSSR count). The second-order valence-electron chi connectivity index (χ2n) is 5.81. The molecule has 0 aliphatic carbocycles. The van der Waals surface area contributed by atoms with Gasteiger partial charge in [-0.15, -0.1) is 0 Å². The summed E-state index contributed by atoms with van der Waals surface area (Å²) in [6.07, 6.45) is 1.08. The van der Waals surface area contributed by atoms with Crippen molar-refractivity contribution < 1.29 is 13.3 Å². The minimum absolute atomic E-state index is 0.182. The summed E-state index contributed by atoms with van der Waals surface area (Å²) in [4.78, 5) is 12.0. The average Bonchev–Trinajstić information content (AvgIpc) is 2.35. The Morgan fingerprint density at radius 1 is 1.29 bits per heavy atom. The fourth-order valence-electron chi connectivity index (χ4n) is 2.97. The number of rotatable bonds is 3. The van der Waals surface area contributed by atoms with Crippen LogP contribution < -0.4 is 10.0 Å². The molecule has 2 atom stereocenters. The molecule has 1 saturated heterocycles. The van der Waals surface area contributed by atoms with Gasteiger partial charge in [0, 0.05) is 25.2 Å². The van der Waals surface area contributed by atoms with Gasteiger partial charge in [-0.25, -0.2) is 13.6 Å². The van der Waals surface area contributed by atoms with Gasteiger partial charge in [-0.2, -0.15) is 0 Å². The molecule has 2 N–H and O–H groups in total. The molecule has 0 saturated carbocycles. The predicted octanol–water partition coefficient (Wildman–Crippen LogP) is 1.72. The van der Waals surface area contributed by atoms with Crippen LogP contribution in [0.3, 0.4) is 0 Å². The summed E-state index contributed by atoms with van der Waals surface area (Å²) in [6.45, 7) is 5.63. The Hall–Kier alpha value is -1.67. The number of hydrogen-bond acceptors (Lipinski definition) is 5. The summed E-state index contributed by atoms with van der Waals surface area (Å²) in [6, 6.07) is 3.82. The summed E-state index contributed by atoms with van der Waals surface area (Å²) in [5.74, 6) is 0.856. The molecule has 0 aromatic heterocycles. The smallest absolute Gasteiger partial charge is 0.270 e. The fraction of sp³-hybridized carbons (Fsp3) is 0.538. The maximum absolute atomic E-state index is 11.8. The van der Waals surface area contributed by atoms with Crippen molar-refractivity contribution in [1.82, 2.24) is 0 Å². The van der Waals surface area contributed by atoms with Crippen molar-refractivity contribution >= 4 is 21.4 Å². The molecule has 1 aliphatic rings. The Labute approximate surface area is 123 Å². The van der Waals surface area contributed by atoms with E-state index in [2.05, 4.69) is 13.8 Å². The molecule has 116 valence electrons. The lowest BCUT2D eigenvalue weighted by molar-refractivity contribution is -0.385. The van der Waals surface area contributed by atoms with Crippen LogP contribution in [0, 0.1) is 22.0 Å². The van der Waals surface area contributed by atoms with Crippen LogP contribution in [0.1, 0.15) is 20.3 Å². The first-order valence-electron chi connectivity index (χ1n) is 6.74. The third-order valence-corrected chi connectivity index (χ3v) is 4.61. The molecule has 21 heavy (non-hydrogen) atoms. The van der Waals surface area contributed by atoms with Crippen molar-refractivity contribution in [1.29, 1.82) is 0 Å². The van der Waals surface area contributed by atoms with Crippen LogP contribution >= 0.6 is 0 Å². The van der Waals surface area contributed by atoms with E-state index < -0.39 is 14.9 Å². The van der Waals surface area contributed by atoms with Crippen molar-refractivity contribution in [3.05, 3.63) is 28.3 Å². The van der Waals surface area contributed by atoms with Crippen LogP contribution in [-0.4, -0.2) is 26.4 Å². The predicted molar refractivity (Wildman–Crippen MR) is 79.6 cm³/mol. The second kappa shape index (κ2) is 5.61. The molecule has 1 heterocycles. The maximum Gasteiger partial charge on any atom is 0.270 e. The highest BCUT2D eigenvalue weighted by Gasteiger charge is 2.27. The van der Waals surface area contributed by atoms with Gasteiger partial charge in [-0.05, 0) is 24.3 Å². The Morgan fingerprint density at radius 2 is 1.86 bits per heavy atom. The molecule has 0 spiro atoms. The minimum atomic E-state index is -4.02. The number of piperidine rings is 1. The molecule has 1 aliphatic heterocycles. The second-order valence-corrected chi connectivity index (χ2v) is 7.34. The molecule has 1 fully saturated rings. The number of non-ortho nitro benzene ring substituents is 1. The normalized spacial score (nSPS) is 23.1. The summed E-state index contributed by atoms with van der Waals surface area (Å²) >= 11 is 0. The lowest BCUT2D eigenvalue weighted by atomic mass is 9.91. The zero-order valence-electron chi connectivity index (χ0n) is 12.0. The van der Waals surface area contributed by atoms with E-state index in [-0.39, 0.29) is 10.6 Å². The van der Waals surface area contributed by atoms with Crippen molar-refractivity contribution in [2.24, 2.45) is 17.0 Å². The summed E-state index contributed by atoms with van der Waals surface area (Å²) in [5, 5.41) is 16.1. The van der Waals surface area contributed by atoms with E-state index in [1.54, 1.807) is 0 Å². The van der Waals surface area contributed by atoms with Crippen molar-refractivity contribution in [3.63, 3.8) is 0 Å². The molecule has 2 unspecified atom stereocenters. The SMILES string of the molecule is CC1CC(C)CN(c2ccc([N+](=O)[O-])cc2S(N)(=O)=O)C1. The number of anilines is 1. The number of sulfonamides is 1. The van der Waals surface area contributed by atoms with Crippen LogP contribution in [0.5, 0.6) is 0 Å². The number of primary sulfonamides is 1. The topological polar surface area (TPSA) is 107 Å². The van der Waals surface area contributed by atoms with Crippen LogP contribution in [0.2, 0.25) is 0 Å². The van der Waals surface area contributed by atoms with Crippen LogP contribution in [-0.2, 0) is 10.0 Å². The van der Waals surface area contributed by atoms with Gasteiger partial charge in [0.2, 0.25) is 10.0 Å². The van der Waals surface area contributed by atoms with Crippen LogP contribution in [0.4, 0.5) is 11.4 Å². The van der Waals surface area contributed by atoms with Crippen molar-refractivity contribution in [2.75, 3.05) is 18.0 Å². The third kappa shape index (κ3) is 3.51. The summed E-state index contributed by atoms with van der Waals surface area (Å²) in [7, 11) is -4.02. The Kier molecular flexibility index (Phi) is 4.20. The highest BCUT2D eigenvalue weighted by Crippen LogP contribution is 2.32. The zero-order chi connectivity index (χ0) is 15.8. The Morgan fingerprint density at radius 3 is 2.33 bits per heavy atom. The van der Waals surface area contributed by atoms with Gasteiger partial charge < -0.3 is 4.90 Å². The standard InChI is InChI=1S/C13H19N3O4S/c1-9-5-10(2)8-15(7-9)12-4-3-11(16(17)18)6-13(12)21(14,19)20/h3-4,6,9-10H,5,7-8H2,1-2H3,(H2,14,19,20). The largest absolute Gasteiger partial charge is 0.370 e. The average molecular weight is 313 g/mol. The first-order valence-corrected chi connectivity index (χ1v) is 8.29. The van der Waals surface area contributed by atoms with E-state index in [0.29, 0.717) is 30.6 Å². The highest BCUT2D eigenvalue weighted by atomic mass is 32.2. The van der Waals surface area contributed by atoms with Gasteiger partial charge in [0.05, 0.1) is 10.6 Å². The third-order valence-electron chi connectivity index (χ3n) is 3.67. The van der Waals surface area contributed by atoms with E-state index in [9.17, 15) is 18.5 Å². The maximum atomic E-state index is 11.8. The van der Waals surface area contributed by atoms with Gasteiger partial charge >= 0.3 is 0 Å². The molecule has 7 nitrogen and oxygen atoms in total. The highest BCUT2D eigenvalue weighted by molar-refractivity contribution is 7.89. The molecule has 0 amide bonds. The first kappa shape index (κ1) is 15.7. The van der Waals surface area contributed by atoms with Gasteiger partial charge in [0.1, 0.15) is 4.90 Å². The Balaban J connectivity index is 2.50.